The van der Waals surface area contributed by atoms with E-state index in [1.165, 1.54) is 0 Å². The van der Waals surface area contributed by atoms with Crippen molar-refractivity contribution in [1.29, 1.82) is 0 Å². The van der Waals surface area contributed by atoms with E-state index in [0.717, 1.165) is 34.3 Å². The zero-order chi connectivity index (χ0) is 14.8. The monoisotopic (exact) mass is 355 g/mol. The van der Waals surface area contributed by atoms with Gasteiger partial charge in [0.05, 0.1) is 12.1 Å². The van der Waals surface area contributed by atoms with Crippen LogP contribution in [0, 0.1) is 0 Å². The lowest BCUT2D eigenvalue weighted by Gasteiger charge is -2.35. The molecule has 2 heterocycles. The lowest BCUT2D eigenvalue weighted by atomic mass is 10.2. The van der Waals surface area contributed by atoms with Gasteiger partial charge in [0.1, 0.15) is 5.82 Å². The Morgan fingerprint density at radius 2 is 1.86 bits per heavy atom. The molecule has 0 bridgehead atoms. The lowest BCUT2D eigenvalue weighted by Crippen LogP contribution is -2.48. The van der Waals surface area contributed by atoms with Crippen molar-refractivity contribution in [2.75, 3.05) is 37.6 Å². The summed E-state index contributed by atoms with van der Waals surface area (Å²) in [5.74, 6) is 0.908. The molecule has 1 aromatic heterocycles. The largest absolute Gasteiger partial charge is 0.354 e. The minimum atomic E-state index is -2.26. The molecular weight excluding hydrogens is 340 g/mol. The topological polar surface area (TPSA) is 19.4 Å². The number of para-hydroxylation sites is 1. The van der Waals surface area contributed by atoms with E-state index in [2.05, 4.69) is 20.8 Å². The van der Waals surface area contributed by atoms with Gasteiger partial charge in [-0.2, -0.15) is 0 Å². The fraction of sp³-hybridized carbons (Fsp3) is 0.400. The first kappa shape index (κ1) is 14.7. The molecule has 2 aromatic rings. The highest BCUT2D eigenvalue weighted by Crippen LogP contribution is 2.25. The van der Waals surface area contributed by atoms with Crippen molar-refractivity contribution < 1.29 is 8.78 Å². The van der Waals surface area contributed by atoms with Crippen LogP contribution < -0.4 is 4.90 Å². The van der Waals surface area contributed by atoms with Gasteiger partial charge in [-0.3, -0.25) is 4.90 Å². The number of benzene rings is 1. The fourth-order valence-electron chi connectivity index (χ4n) is 2.63. The van der Waals surface area contributed by atoms with Crippen molar-refractivity contribution in [3.05, 3.63) is 34.8 Å². The van der Waals surface area contributed by atoms with Crippen LogP contribution >= 0.6 is 15.9 Å². The summed E-state index contributed by atoms with van der Waals surface area (Å²) in [4.78, 5) is 8.65. The molecule has 112 valence electrons. The molecule has 1 fully saturated rings. The van der Waals surface area contributed by atoms with Gasteiger partial charge in [-0.15, -0.1) is 0 Å². The average molecular weight is 356 g/mol. The van der Waals surface area contributed by atoms with Crippen LogP contribution in [0.4, 0.5) is 14.6 Å². The zero-order valence-corrected chi connectivity index (χ0v) is 13.1. The highest BCUT2D eigenvalue weighted by molar-refractivity contribution is 9.10. The molecule has 6 heteroatoms. The second-order valence-corrected chi connectivity index (χ2v) is 6.01. The first-order chi connectivity index (χ1) is 10.1. The number of aromatic nitrogens is 1. The molecule has 21 heavy (non-hydrogen) atoms. The van der Waals surface area contributed by atoms with Gasteiger partial charge in [-0.05, 0) is 34.1 Å². The van der Waals surface area contributed by atoms with Gasteiger partial charge in [0.15, 0.2) is 0 Å². The second-order valence-electron chi connectivity index (χ2n) is 5.16. The maximum absolute atomic E-state index is 12.4. The molecule has 1 aliphatic heterocycles. The van der Waals surface area contributed by atoms with E-state index in [1.54, 1.807) is 4.90 Å². The van der Waals surface area contributed by atoms with E-state index in [4.69, 9.17) is 4.98 Å². The summed E-state index contributed by atoms with van der Waals surface area (Å²) in [6.07, 6.45) is -2.26. The van der Waals surface area contributed by atoms with Gasteiger partial charge in [-0.1, -0.05) is 12.1 Å². The minimum Gasteiger partial charge on any atom is -0.354 e. The van der Waals surface area contributed by atoms with Crippen LogP contribution in [0.5, 0.6) is 0 Å². The summed E-state index contributed by atoms with van der Waals surface area (Å²) in [6.45, 7) is 2.63. The first-order valence-electron chi connectivity index (χ1n) is 6.94. The van der Waals surface area contributed by atoms with E-state index in [-0.39, 0.29) is 6.54 Å². The van der Waals surface area contributed by atoms with Crippen molar-refractivity contribution in [3.63, 3.8) is 0 Å². The number of hydrogen-bond acceptors (Lipinski definition) is 3. The summed E-state index contributed by atoms with van der Waals surface area (Å²) in [6, 6.07) is 10.0. The van der Waals surface area contributed by atoms with E-state index < -0.39 is 6.43 Å². The number of pyridine rings is 1. The number of hydrogen-bond donors (Lipinski definition) is 0. The highest BCUT2D eigenvalue weighted by atomic mass is 79.9. The van der Waals surface area contributed by atoms with Crippen LogP contribution in [0.2, 0.25) is 0 Å². The molecule has 1 aromatic carbocycles. The Kier molecular flexibility index (Phi) is 4.35. The molecule has 3 rings (SSSR count). The summed E-state index contributed by atoms with van der Waals surface area (Å²) >= 11 is 3.52. The summed E-state index contributed by atoms with van der Waals surface area (Å²) in [5.41, 5.74) is 0.935. The number of rotatable bonds is 3. The Morgan fingerprint density at radius 1 is 1.10 bits per heavy atom. The summed E-state index contributed by atoms with van der Waals surface area (Å²) in [5, 5.41) is 1.09. The fourth-order valence-corrected chi connectivity index (χ4v) is 3.10. The smallest absolute Gasteiger partial charge is 0.251 e. The second kappa shape index (κ2) is 6.23. The molecule has 0 aliphatic carbocycles. The van der Waals surface area contributed by atoms with Gasteiger partial charge in [0, 0.05) is 36.0 Å². The maximum Gasteiger partial charge on any atom is 0.251 e. The van der Waals surface area contributed by atoms with Gasteiger partial charge < -0.3 is 4.90 Å². The quantitative estimate of drug-likeness (QED) is 0.841. The number of nitrogens with zero attached hydrogens (tertiary/aromatic N) is 3. The third-order valence-electron chi connectivity index (χ3n) is 3.75. The molecule has 0 saturated carbocycles. The van der Waals surface area contributed by atoms with Crippen molar-refractivity contribution >= 4 is 32.7 Å². The molecule has 0 atom stereocenters. The van der Waals surface area contributed by atoms with Gasteiger partial charge in [0.2, 0.25) is 0 Å². The molecule has 1 saturated heterocycles. The van der Waals surface area contributed by atoms with E-state index in [9.17, 15) is 8.78 Å². The SMILES string of the molecule is FC(F)CN1CCN(c2ccc3cccc(Br)c3n2)CC1. The van der Waals surface area contributed by atoms with E-state index >= 15 is 0 Å². The van der Waals surface area contributed by atoms with Crippen molar-refractivity contribution in [2.24, 2.45) is 0 Å². The first-order valence-corrected chi connectivity index (χ1v) is 7.73. The highest BCUT2D eigenvalue weighted by Gasteiger charge is 2.20. The van der Waals surface area contributed by atoms with Gasteiger partial charge in [0.25, 0.3) is 6.43 Å². The normalized spacial score (nSPS) is 16.9. The molecule has 3 nitrogen and oxygen atoms in total. The molecule has 0 amide bonds. The number of piperazine rings is 1. The van der Waals surface area contributed by atoms with Gasteiger partial charge in [-0.25, -0.2) is 13.8 Å². The number of anilines is 1. The summed E-state index contributed by atoms with van der Waals surface area (Å²) < 4.78 is 25.7. The predicted molar refractivity (Wildman–Crippen MR) is 84.1 cm³/mol. The predicted octanol–water partition coefficient (Wildman–Crippen LogP) is 3.38. The van der Waals surface area contributed by atoms with Gasteiger partial charge >= 0.3 is 0 Å². The number of alkyl halides is 2. The van der Waals surface area contributed by atoms with Crippen LogP contribution in [0.1, 0.15) is 0 Å². The Bertz CT molecular complexity index is 627. The third-order valence-corrected chi connectivity index (χ3v) is 4.39. The van der Waals surface area contributed by atoms with Crippen LogP contribution in [0.25, 0.3) is 10.9 Å². The maximum atomic E-state index is 12.4. The molecule has 1 aliphatic rings. The molecule has 0 radical (unpaired) electrons. The Labute approximate surface area is 130 Å². The van der Waals surface area contributed by atoms with Crippen molar-refractivity contribution in [2.45, 2.75) is 6.43 Å². The molecule has 0 spiro atoms. The molecule has 0 unspecified atom stereocenters. The van der Waals surface area contributed by atoms with Crippen LogP contribution in [0.3, 0.4) is 0 Å². The summed E-state index contributed by atoms with van der Waals surface area (Å²) in [7, 11) is 0. The number of fused-ring (bicyclic) bond motifs is 1. The average Bonchev–Trinajstić information content (AvgIpc) is 2.48. The molecular formula is C15H16BrF2N3. The van der Waals surface area contributed by atoms with Crippen molar-refractivity contribution in [3.8, 4) is 0 Å². The molecule has 0 N–H and O–H groups in total. The van der Waals surface area contributed by atoms with E-state index in [1.807, 2.05) is 30.3 Å². The van der Waals surface area contributed by atoms with Crippen LogP contribution in [0.15, 0.2) is 34.8 Å². The van der Waals surface area contributed by atoms with Crippen molar-refractivity contribution in [1.82, 2.24) is 9.88 Å². The third kappa shape index (κ3) is 3.32. The van der Waals surface area contributed by atoms with Crippen LogP contribution in [-0.2, 0) is 0 Å². The Balaban J connectivity index is 1.75. The zero-order valence-electron chi connectivity index (χ0n) is 11.5. The van der Waals surface area contributed by atoms with E-state index in [0.29, 0.717) is 13.1 Å². The minimum absolute atomic E-state index is 0.134. The lowest BCUT2D eigenvalue weighted by molar-refractivity contribution is 0.0854. The van der Waals surface area contributed by atoms with Crippen LogP contribution in [-0.4, -0.2) is 49.0 Å². The number of halogens is 3. The standard InChI is InChI=1S/C15H16BrF2N3/c16-12-3-1-2-11-4-5-14(19-15(11)12)21-8-6-20(7-9-21)10-13(17)18/h1-5,13H,6-10H2. The Morgan fingerprint density at radius 3 is 2.57 bits per heavy atom. The Hall–Kier alpha value is -1.27.